The Morgan fingerprint density at radius 3 is 2.77 bits per heavy atom. The van der Waals surface area contributed by atoms with E-state index in [2.05, 4.69) is 10.1 Å². The molecule has 0 spiro atoms. The number of sulfonamides is 1. The molecule has 0 radical (unpaired) electrons. The molecule has 1 aliphatic heterocycles. The lowest BCUT2D eigenvalue weighted by molar-refractivity contribution is -0.151. The molecule has 164 valence electrons. The van der Waals surface area contributed by atoms with Gasteiger partial charge in [0.25, 0.3) is 0 Å². The lowest BCUT2D eigenvalue weighted by Crippen LogP contribution is -2.43. The number of hydrogen-bond donors (Lipinski definition) is 0. The number of benzene rings is 1. The Morgan fingerprint density at radius 1 is 1.29 bits per heavy atom. The lowest BCUT2D eigenvalue weighted by Gasteiger charge is -2.30. The quantitative estimate of drug-likeness (QED) is 0.517. The van der Waals surface area contributed by atoms with Crippen molar-refractivity contribution in [3.8, 4) is 10.6 Å². The summed E-state index contributed by atoms with van der Waals surface area (Å²) in [6, 6.07) is 9.79. The highest BCUT2D eigenvalue weighted by molar-refractivity contribution is 7.89. The fourth-order valence-corrected chi connectivity index (χ4v) is 6.30. The van der Waals surface area contributed by atoms with Crippen molar-refractivity contribution in [3.63, 3.8) is 0 Å². The van der Waals surface area contributed by atoms with Crippen LogP contribution in [0.5, 0.6) is 0 Å². The SMILES string of the molecule is Cc1noc(C)c1S(=O)(=O)N1CCCC(C(=O)OCc2csc(-c3ccccc3)n2)C1. The van der Waals surface area contributed by atoms with Crippen LogP contribution in [-0.4, -0.2) is 41.9 Å². The smallest absolute Gasteiger partial charge is 0.310 e. The van der Waals surface area contributed by atoms with Crippen LogP contribution in [0.25, 0.3) is 10.6 Å². The number of aryl methyl sites for hydroxylation is 2. The zero-order valence-corrected chi connectivity index (χ0v) is 18.9. The van der Waals surface area contributed by atoms with E-state index in [-0.39, 0.29) is 23.8 Å². The summed E-state index contributed by atoms with van der Waals surface area (Å²) in [5.74, 6) is -0.677. The first-order valence-corrected chi connectivity index (χ1v) is 12.3. The molecule has 3 heterocycles. The monoisotopic (exact) mass is 461 g/mol. The normalized spacial score (nSPS) is 17.5. The molecule has 31 heavy (non-hydrogen) atoms. The van der Waals surface area contributed by atoms with Crippen LogP contribution in [0, 0.1) is 19.8 Å². The van der Waals surface area contributed by atoms with E-state index >= 15 is 0 Å². The fraction of sp³-hybridized carbons (Fsp3) is 0.381. The van der Waals surface area contributed by atoms with Gasteiger partial charge in [-0.25, -0.2) is 13.4 Å². The van der Waals surface area contributed by atoms with Gasteiger partial charge in [0.1, 0.15) is 22.2 Å². The minimum absolute atomic E-state index is 0.0648. The van der Waals surface area contributed by atoms with Crippen molar-refractivity contribution in [1.82, 2.24) is 14.4 Å². The van der Waals surface area contributed by atoms with Crippen LogP contribution in [0.3, 0.4) is 0 Å². The Kier molecular flexibility index (Phi) is 6.22. The van der Waals surface area contributed by atoms with Gasteiger partial charge in [0.05, 0.1) is 11.6 Å². The summed E-state index contributed by atoms with van der Waals surface area (Å²) in [7, 11) is -3.78. The second-order valence-corrected chi connectivity index (χ2v) is 10.2. The Morgan fingerprint density at radius 2 is 2.06 bits per heavy atom. The van der Waals surface area contributed by atoms with Crippen LogP contribution in [-0.2, 0) is 26.2 Å². The van der Waals surface area contributed by atoms with Crippen LogP contribution in [0.1, 0.15) is 30.0 Å². The summed E-state index contributed by atoms with van der Waals surface area (Å²) in [5, 5.41) is 6.47. The van der Waals surface area contributed by atoms with Gasteiger partial charge in [-0.05, 0) is 26.7 Å². The maximum Gasteiger partial charge on any atom is 0.310 e. The highest BCUT2D eigenvalue weighted by Gasteiger charge is 2.37. The van der Waals surface area contributed by atoms with Crippen molar-refractivity contribution in [2.24, 2.45) is 5.92 Å². The van der Waals surface area contributed by atoms with Crippen LogP contribution in [0.2, 0.25) is 0 Å². The van der Waals surface area contributed by atoms with Gasteiger partial charge in [-0.15, -0.1) is 11.3 Å². The predicted octanol–water partition coefficient (Wildman–Crippen LogP) is 3.56. The van der Waals surface area contributed by atoms with E-state index in [0.29, 0.717) is 30.8 Å². The van der Waals surface area contributed by atoms with E-state index < -0.39 is 21.9 Å². The first-order valence-electron chi connectivity index (χ1n) is 9.95. The molecule has 1 unspecified atom stereocenters. The number of hydrogen-bond acceptors (Lipinski definition) is 8. The second kappa shape index (κ2) is 8.89. The highest BCUT2D eigenvalue weighted by atomic mass is 32.2. The van der Waals surface area contributed by atoms with E-state index in [1.54, 1.807) is 13.8 Å². The minimum Gasteiger partial charge on any atom is -0.459 e. The second-order valence-electron chi connectivity index (χ2n) is 7.47. The molecule has 0 amide bonds. The molecule has 2 aromatic heterocycles. The fourth-order valence-electron chi connectivity index (χ4n) is 3.67. The summed E-state index contributed by atoms with van der Waals surface area (Å²) in [5.41, 5.74) is 2.01. The first kappa shape index (κ1) is 21.7. The molecule has 1 aliphatic rings. The number of nitrogens with zero attached hydrogens (tertiary/aromatic N) is 3. The van der Waals surface area contributed by atoms with Gasteiger partial charge in [-0.3, -0.25) is 4.79 Å². The van der Waals surface area contributed by atoms with Crippen LogP contribution < -0.4 is 0 Å². The molecule has 10 heteroatoms. The number of ether oxygens (including phenoxy) is 1. The zero-order chi connectivity index (χ0) is 22.0. The van der Waals surface area contributed by atoms with E-state index in [4.69, 9.17) is 9.26 Å². The molecule has 0 saturated carbocycles. The molecule has 1 aromatic carbocycles. The van der Waals surface area contributed by atoms with Gasteiger partial charge in [0.2, 0.25) is 10.0 Å². The Balaban J connectivity index is 1.39. The number of piperidine rings is 1. The van der Waals surface area contributed by atoms with Gasteiger partial charge in [0.15, 0.2) is 5.76 Å². The van der Waals surface area contributed by atoms with E-state index in [9.17, 15) is 13.2 Å². The summed E-state index contributed by atoms with van der Waals surface area (Å²) in [4.78, 5) is 17.2. The van der Waals surface area contributed by atoms with Crippen LogP contribution in [0.4, 0.5) is 0 Å². The maximum atomic E-state index is 13.0. The topological polar surface area (TPSA) is 103 Å². The molecule has 3 aromatic rings. The van der Waals surface area contributed by atoms with E-state index in [0.717, 1.165) is 10.6 Å². The standard InChI is InChI=1S/C21H23N3O5S2/c1-14-19(15(2)29-23-14)31(26,27)24-10-6-9-17(11-24)21(25)28-12-18-13-30-20(22-18)16-7-4-3-5-8-16/h3-5,7-8,13,17H,6,9-12H2,1-2H3. The highest BCUT2D eigenvalue weighted by Crippen LogP contribution is 2.29. The van der Waals surface area contributed by atoms with Crippen molar-refractivity contribution in [2.45, 2.75) is 38.2 Å². The van der Waals surface area contributed by atoms with E-state index in [1.165, 1.54) is 15.6 Å². The average molecular weight is 462 g/mol. The minimum atomic E-state index is -3.78. The molecular weight excluding hydrogens is 438 g/mol. The Bertz CT molecular complexity index is 1150. The number of rotatable bonds is 6. The Labute approximate surface area is 184 Å². The molecule has 0 bridgehead atoms. The summed E-state index contributed by atoms with van der Waals surface area (Å²) in [6.07, 6.45) is 1.16. The first-order chi connectivity index (χ1) is 14.9. The molecule has 4 rings (SSSR count). The van der Waals surface area contributed by atoms with Gasteiger partial charge in [0, 0.05) is 24.0 Å². The van der Waals surface area contributed by atoms with Gasteiger partial charge in [-0.1, -0.05) is 35.5 Å². The third kappa shape index (κ3) is 4.56. The van der Waals surface area contributed by atoms with Crippen LogP contribution in [0.15, 0.2) is 45.1 Å². The lowest BCUT2D eigenvalue weighted by atomic mass is 10.00. The Hall–Kier alpha value is -2.56. The van der Waals surface area contributed by atoms with Crippen molar-refractivity contribution >= 4 is 27.3 Å². The molecule has 8 nitrogen and oxygen atoms in total. The third-order valence-corrected chi connectivity index (χ3v) is 8.27. The molecule has 0 aliphatic carbocycles. The predicted molar refractivity (Wildman–Crippen MR) is 115 cm³/mol. The summed E-state index contributed by atoms with van der Waals surface area (Å²) >= 11 is 1.49. The molecule has 1 atom stereocenters. The number of thiazole rings is 1. The molecule has 0 N–H and O–H groups in total. The summed E-state index contributed by atoms with van der Waals surface area (Å²) in [6.45, 7) is 3.66. The number of esters is 1. The van der Waals surface area contributed by atoms with Gasteiger partial charge in [-0.2, -0.15) is 4.31 Å². The van der Waals surface area contributed by atoms with Crippen molar-refractivity contribution in [3.05, 3.63) is 52.9 Å². The number of carbonyl (C=O) groups excluding carboxylic acids is 1. The van der Waals surface area contributed by atoms with E-state index in [1.807, 2.05) is 35.7 Å². The largest absolute Gasteiger partial charge is 0.459 e. The number of aromatic nitrogens is 2. The molecule has 1 fully saturated rings. The third-order valence-electron chi connectivity index (χ3n) is 5.22. The van der Waals surface area contributed by atoms with Crippen molar-refractivity contribution in [2.75, 3.05) is 13.1 Å². The zero-order valence-electron chi connectivity index (χ0n) is 17.3. The number of carbonyl (C=O) groups is 1. The van der Waals surface area contributed by atoms with Crippen LogP contribution >= 0.6 is 11.3 Å². The molecule has 1 saturated heterocycles. The average Bonchev–Trinajstić information content (AvgIpc) is 3.39. The van der Waals surface area contributed by atoms with Crippen molar-refractivity contribution in [1.29, 1.82) is 0 Å². The van der Waals surface area contributed by atoms with Gasteiger partial charge < -0.3 is 9.26 Å². The van der Waals surface area contributed by atoms with Gasteiger partial charge >= 0.3 is 5.97 Å². The summed E-state index contributed by atoms with van der Waals surface area (Å²) < 4.78 is 37.9. The maximum absolute atomic E-state index is 13.0. The van der Waals surface area contributed by atoms with Crippen molar-refractivity contribution < 1.29 is 22.5 Å². The molecular formula is C21H23N3O5S2.